The standard InChI is InChI=1S/C19H34O2/c1-3-5-7-15-10-12-16(13-11-15)17-8-6-9-18(14-17)21-19(20)4-2/h15-18H,3-14H2,1-2H3. The van der Waals surface area contributed by atoms with Gasteiger partial charge >= 0.3 is 5.97 Å². The molecule has 0 radical (unpaired) electrons. The first-order chi connectivity index (χ1) is 10.2. The zero-order valence-corrected chi connectivity index (χ0v) is 14.1. The number of rotatable bonds is 6. The van der Waals surface area contributed by atoms with Crippen LogP contribution in [0.15, 0.2) is 0 Å². The fourth-order valence-electron chi connectivity index (χ4n) is 4.43. The highest BCUT2D eigenvalue weighted by atomic mass is 16.5. The number of carbonyl (C=O) groups is 1. The molecule has 0 aromatic rings. The van der Waals surface area contributed by atoms with Crippen molar-refractivity contribution in [2.24, 2.45) is 17.8 Å². The fraction of sp³-hybridized carbons (Fsp3) is 0.947. The van der Waals surface area contributed by atoms with E-state index in [9.17, 15) is 4.79 Å². The Labute approximate surface area is 131 Å². The molecule has 0 heterocycles. The second-order valence-corrected chi connectivity index (χ2v) is 7.32. The molecule has 0 aromatic carbocycles. The molecule has 2 unspecified atom stereocenters. The number of hydrogen-bond acceptors (Lipinski definition) is 2. The van der Waals surface area contributed by atoms with Crippen LogP contribution in [0.25, 0.3) is 0 Å². The Morgan fingerprint density at radius 2 is 1.76 bits per heavy atom. The highest BCUT2D eigenvalue weighted by Gasteiger charge is 2.32. The summed E-state index contributed by atoms with van der Waals surface area (Å²) in [6.45, 7) is 4.19. The molecule has 0 N–H and O–H groups in total. The molecule has 0 spiro atoms. The molecule has 122 valence electrons. The van der Waals surface area contributed by atoms with Crippen LogP contribution in [-0.4, -0.2) is 12.1 Å². The highest BCUT2D eigenvalue weighted by molar-refractivity contribution is 5.69. The molecule has 2 aliphatic rings. The van der Waals surface area contributed by atoms with E-state index in [0.717, 1.165) is 30.6 Å². The molecule has 0 amide bonds. The van der Waals surface area contributed by atoms with Gasteiger partial charge in [-0.3, -0.25) is 4.79 Å². The average molecular weight is 294 g/mol. The molecular weight excluding hydrogens is 260 g/mol. The quantitative estimate of drug-likeness (QED) is 0.605. The molecule has 2 saturated carbocycles. The fourth-order valence-corrected chi connectivity index (χ4v) is 4.43. The van der Waals surface area contributed by atoms with Crippen LogP contribution in [0.1, 0.15) is 90.9 Å². The van der Waals surface area contributed by atoms with Gasteiger partial charge in [0.2, 0.25) is 0 Å². The first kappa shape index (κ1) is 16.8. The maximum Gasteiger partial charge on any atom is 0.305 e. The maximum absolute atomic E-state index is 11.5. The van der Waals surface area contributed by atoms with Gasteiger partial charge in [0, 0.05) is 6.42 Å². The molecule has 21 heavy (non-hydrogen) atoms. The Bertz CT molecular complexity index is 305. The van der Waals surface area contributed by atoms with Crippen molar-refractivity contribution in [2.75, 3.05) is 0 Å². The molecule has 2 aliphatic carbocycles. The van der Waals surface area contributed by atoms with Crippen molar-refractivity contribution in [3.63, 3.8) is 0 Å². The first-order valence-corrected chi connectivity index (χ1v) is 9.42. The Morgan fingerprint density at radius 3 is 2.43 bits per heavy atom. The summed E-state index contributed by atoms with van der Waals surface area (Å²) >= 11 is 0. The van der Waals surface area contributed by atoms with Crippen LogP contribution >= 0.6 is 0 Å². The van der Waals surface area contributed by atoms with Crippen LogP contribution in [-0.2, 0) is 9.53 Å². The van der Waals surface area contributed by atoms with Gasteiger partial charge in [-0.2, -0.15) is 0 Å². The first-order valence-electron chi connectivity index (χ1n) is 9.42. The van der Waals surface area contributed by atoms with Crippen molar-refractivity contribution in [3.8, 4) is 0 Å². The molecule has 0 aromatic heterocycles. The van der Waals surface area contributed by atoms with Crippen molar-refractivity contribution in [2.45, 2.75) is 97.0 Å². The molecule has 2 heteroatoms. The van der Waals surface area contributed by atoms with E-state index in [4.69, 9.17) is 4.74 Å². The zero-order chi connectivity index (χ0) is 15.1. The third-order valence-electron chi connectivity index (χ3n) is 5.78. The van der Waals surface area contributed by atoms with Crippen molar-refractivity contribution >= 4 is 5.97 Å². The Kier molecular flexibility index (Phi) is 7.06. The topological polar surface area (TPSA) is 26.3 Å². The van der Waals surface area contributed by atoms with Gasteiger partial charge < -0.3 is 4.74 Å². The van der Waals surface area contributed by atoms with E-state index < -0.39 is 0 Å². The lowest BCUT2D eigenvalue weighted by Crippen LogP contribution is -2.31. The van der Waals surface area contributed by atoms with Crippen LogP contribution in [0.3, 0.4) is 0 Å². The lowest BCUT2D eigenvalue weighted by atomic mass is 9.70. The minimum atomic E-state index is -0.0103. The molecule has 2 atom stereocenters. The monoisotopic (exact) mass is 294 g/mol. The lowest BCUT2D eigenvalue weighted by molar-refractivity contribution is -0.151. The molecule has 2 rings (SSSR count). The van der Waals surface area contributed by atoms with E-state index in [0.29, 0.717) is 6.42 Å². The summed E-state index contributed by atoms with van der Waals surface area (Å²) in [5.41, 5.74) is 0. The maximum atomic E-state index is 11.5. The molecular formula is C19H34O2. The van der Waals surface area contributed by atoms with Crippen LogP contribution in [0.4, 0.5) is 0 Å². The number of hydrogen-bond donors (Lipinski definition) is 0. The lowest BCUT2D eigenvalue weighted by Gasteiger charge is -2.38. The summed E-state index contributed by atoms with van der Waals surface area (Å²) < 4.78 is 5.60. The van der Waals surface area contributed by atoms with E-state index in [1.807, 2.05) is 6.92 Å². The van der Waals surface area contributed by atoms with E-state index >= 15 is 0 Å². The number of carbonyl (C=O) groups excluding carboxylic acids is 1. The van der Waals surface area contributed by atoms with E-state index in [2.05, 4.69) is 6.92 Å². The minimum Gasteiger partial charge on any atom is -0.462 e. The van der Waals surface area contributed by atoms with E-state index in [-0.39, 0.29) is 12.1 Å². The van der Waals surface area contributed by atoms with Gasteiger partial charge in [0.05, 0.1) is 0 Å². The summed E-state index contributed by atoms with van der Waals surface area (Å²) in [5.74, 6) is 2.72. The second-order valence-electron chi connectivity index (χ2n) is 7.32. The zero-order valence-electron chi connectivity index (χ0n) is 14.1. The second kappa shape index (κ2) is 8.80. The van der Waals surface area contributed by atoms with Gasteiger partial charge in [-0.05, 0) is 56.3 Å². The van der Waals surface area contributed by atoms with Crippen molar-refractivity contribution in [1.82, 2.24) is 0 Å². The smallest absolute Gasteiger partial charge is 0.305 e. The largest absolute Gasteiger partial charge is 0.462 e. The number of esters is 1. The Morgan fingerprint density at radius 1 is 1.00 bits per heavy atom. The summed E-state index contributed by atoms with van der Waals surface area (Å²) in [5, 5.41) is 0. The SMILES string of the molecule is CCCCC1CCC(C2CCCC(OC(=O)CC)C2)CC1. The van der Waals surface area contributed by atoms with Crippen molar-refractivity contribution < 1.29 is 9.53 Å². The van der Waals surface area contributed by atoms with Gasteiger partial charge in [-0.1, -0.05) is 46.0 Å². The minimum absolute atomic E-state index is 0.0103. The Hall–Kier alpha value is -0.530. The summed E-state index contributed by atoms with van der Waals surface area (Å²) in [4.78, 5) is 11.5. The van der Waals surface area contributed by atoms with Crippen molar-refractivity contribution in [3.05, 3.63) is 0 Å². The van der Waals surface area contributed by atoms with Crippen LogP contribution in [0.5, 0.6) is 0 Å². The molecule has 0 aliphatic heterocycles. The van der Waals surface area contributed by atoms with Crippen LogP contribution in [0.2, 0.25) is 0 Å². The molecule has 2 fully saturated rings. The van der Waals surface area contributed by atoms with E-state index in [1.165, 1.54) is 57.8 Å². The normalized spacial score (nSPS) is 33.6. The van der Waals surface area contributed by atoms with Crippen LogP contribution in [0, 0.1) is 17.8 Å². The summed E-state index contributed by atoms with van der Waals surface area (Å²) in [6, 6.07) is 0. The highest BCUT2D eigenvalue weighted by Crippen LogP contribution is 2.41. The van der Waals surface area contributed by atoms with E-state index in [1.54, 1.807) is 0 Å². The third-order valence-corrected chi connectivity index (χ3v) is 5.78. The van der Waals surface area contributed by atoms with Gasteiger partial charge in [0.1, 0.15) is 6.10 Å². The van der Waals surface area contributed by atoms with Gasteiger partial charge in [-0.25, -0.2) is 0 Å². The Balaban J connectivity index is 1.73. The summed E-state index contributed by atoms with van der Waals surface area (Å²) in [7, 11) is 0. The number of unbranched alkanes of at least 4 members (excludes halogenated alkanes) is 1. The summed E-state index contributed by atoms with van der Waals surface area (Å²) in [6.07, 6.45) is 15.5. The predicted octanol–water partition coefficient (Wildman–Crippen LogP) is 5.50. The molecule has 0 bridgehead atoms. The van der Waals surface area contributed by atoms with Gasteiger partial charge in [0.15, 0.2) is 0 Å². The van der Waals surface area contributed by atoms with Crippen molar-refractivity contribution in [1.29, 1.82) is 0 Å². The predicted molar refractivity (Wildman–Crippen MR) is 87.1 cm³/mol. The third kappa shape index (κ3) is 5.30. The molecule has 0 saturated heterocycles. The number of ether oxygens (including phenoxy) is 1. The average Bonchev–Trinajstić information content (AvgIpc) is 2.53. The van der Waals surface area contributed by atoms with Gasteiger partial charge in [0.25, 0.3) is 0 Å². The van der Waals surface area contributed by atoms with Crippen LogP contribution < -0.4 is 0 Å². The van der Waals surface area contributed by atoms with Gasteiger partial charge in [-0.15, -0.1) is 0 Å². The molecule has 2 nitrogen and oxygen atoms in total.